The zero-order valence-electron chi connectivity index (χ0n) is 15.7. The summed E-state index contributed by atoms with van der Waals surface area (Å²) in [5.74, 6) is 0.682. The predicted molar refractivity (Wildman–Crippen MR) is 118 cm³/mol. The van der Waals surface area contributed by atoms with E-state index in [4.69, 9.17) is 0 Å². The normalized spacial score (nSPS) is 10.8. The molecule has 1 aromatic heterocycles. The van der Waals surface area contributed by atoms with Crippen LogP contribution in [0.1, 0.15) is 0 Å². The Balaban J connectivity index is 1.71. The van der Waals surface area contributed by atoms with Gasteiger partial charge in [0.05, 0.1) is 5.56 Å². The van der Waals surface area contributed by atoms with E-state index >= 15 is 0 Å². The SMILES string of the molecule is c1ccc(-c2nnnc(Nc3cccc4ccccc34)c2-c2ccccc2)cc1. The predicted octanol–water partition coefficient (Wildman–Crippen LogP) is 6.10. The van der Waals surface area contributed by atoms with Crippen LogP contribution in [0.3, 0.4) is 0 Å². The van der Waals surface area contributed by atoms with Crippen LogP contribution in [0, 0.1) is 0 Å². The zero-order chi connectivity index (χ0) is 19.5. The fourth-order valence-electron chi connectivity index (χ4n) is 3.55. The molecule has 0 atom stereocenters. The van der Waals surface area contributed by atoms with Crippen LogP contribution in [-0.2, 0) is 0 Å². The van der Waals surface area contributed by atoms with E-state index < -0.39 is 0 Å². The number of anilines is 2. The summed E-state index contributed by atoms with van der Waals surface area (Å²) < 4.78 is 0. The van der Waals surface area contributed by atoms with Crippen LogP contribution in [-0.4, -0.2) is 15.4 Å². The molecule has 4 nitrogen and oxygen atoms in total. The Bertz CT molecular complexity index is 1260. The smallest absolute Gasteiger partial charge is 0.165 e. The van der Waals surface area contributed by atoms with Gasteiger partial charge in [-0.1, -0.05) is 97.1 Å². The molecule has 29 heavy (non-hydrogen) atoms. The third-order valence-corrected chi connectivity index (χ3v) is 4.92. The summed E-state index contributed by atoms with van der Waals surface area (Å²) in [5.41, 5.74) is 4.76. The maximum Gasteiger partial charge on any atom is 0.165 e. The lowest BCUT2D eigenvalue weighted by Gasteiger charge is -2.15. The maximum absolute atomic E-state index is 4.39. The van der Waals surface area contributed by atoms with Crippen molar-refractivity contribution in [3.63, 3.8) is 0 Å². The number of hydrogen-bond acceptors (Lipinski definition) is 4. The molecule has 1 heterocycles. The minimum atomic E-state index is 0.682. The van der Waals surface area contributed by atoms with Gasteiger partial charge in [0.25, 0.3) is 0 Å². The third kappa shape index (κ3) is 3.32. The summed E-state index contributed by atoms with van der Waals surface area (Å²) in [6.45, 7) is 0. The number of nitrogens with zero attached hydrogens (tertiary/aromatic N) is 3. The molecule has 0 spiro atoms. The second-order valence-corrected chi connectivity index (χ2v) is 6.75. The van der Waals surface area contributed by atoms with Gasteiger partial charge < -0.3 is 5.32 Å². The van der Waals surface area contributed by atoms with Crippen molar-refractivity contribution < 1.29 is 0 Å². The number of rotatable bonds is 4. The van der Waals surface area contributed by atoms with E-state index in [1.54, 1.807) is 0 Å². The van der Waals surface area contributed by atoms with Crippen LogP contribution in [0.5, 0.6) is 0 Å². The minimum Gasteiger partial charge on any atom is -0.338 e. The molecular weight excluding hydrogens is 356 g/mol. The summed E-state index contributed by atoms with van der Waals surface area (Å²) in [6.07, 6.45) is 0. The molecule has 5 aromatic rings. The molecule has 0 aliphatic heterocycles. The number of hydrogen-bond donors (Lipinski definition) is 1. The number of aromatic nitrogens is 3. The molecular formula is C25H18N4. The molecule has 0 amide bonds. The second kappa shape index (κ2) is 7.52. The van der Waals surface area contributed by atoms with Gasteiger partial charge in [-0.25, -0.2) is 0 Å². The minimum absolute atomic E-state index is 0.682. The van der Waals surface area contributed by atoms with E-state index in [0.717, 1.165) is 33.5 Å². The molecule has 0 aliphatic carbocycles. The lowest BCUT2D eigenvalue weighted by atomic mass is 9.99. The van der Waals surface area contributed by atoms with Gasteiger partial charge in [-0.2, -0.15) is 0 Å². The molecule has 5 rings (SSSR count). The van der Waals surface area contributed by atoms with Crippen molar-refractivity contribution in [2.75, 3.05) is 5.32 Å². The van der Waals surface area contributed by atoms with Crippen molar-refractivity contribution in [2.24, 2.45) is 0 Å². The van der Waals surface area contributed by atoms with Gasteiger partial charge >= 0.3 is 0 Å². The third-order valence-electron chi connectivity index (χ3n) is 4.92. The molecule has 138 valence electrons. The molecule has 0 bridgehead atoms. The maximum atomic E-state index is 4.39. The average Bonchev–Trinajstić information content (AvgIpc) is 2.80. The zero-order valence-corrected chi connectivity index (χ0v) is 15.7. The van der Waals surface area contributed by atoms with Gasteiger partial charge in [0, 0.05) is 16.6 Å². The van der Waals surface area contributed by atoms with Crippen LogP contribution in [0.25, 0.3) is 33.2 Å². The first-order chi connectivity index (χ1) is 14.4. The summed E-state index contributed by atoms with van der Waals surface area (Å²) in [4.78, 5) is 0. The number of benzene rings is 4. The van der Waals surface area contributed by atoms with E-state index in [0.29, 0.717) is 5.82 Å². The van der Waals surface area contributed by atoms with Crippen LogP contribution in [0.15, 0.2) is 103 Å². The van der Waals surface area contributed by atoms with E-state index in [2.05, 4.69) is 57.1 Å². The van der Waals surface area contributed by atoms with E-state index in [1.165, 1.54) is 5.39 Å². The average molecular weight is 374 g/mol. The molecule has 0 saturated carbocycles. The van der Waals surface area contributed by atoms with Crippen molar-refractivity contribution in [3.05, 3.63) is 103 Å². The fourth-order valence-corrected chi connectivity index (χ4v) is 3.55. The van der Waals surface area contributed by atoms with Crippen molar-refractivity contribution in [2.45, 2.75) is 0 Å². The highest BCUT2D eigenvalue weighted by atomic mass is 15.3. The Morgan fingerprint density at radius 1 is 0.552 bits per heavy atom. The molecule has 4 heteroatoms. The van der Waals surface area contributed by atoms with Crippen LogP contribution in [0.2, 0.25) is 0 Å². The Hall–Kier alpha value is -4.05. The summed E-state index contributed by atoms with van der Waals surface area (Å²) in [6, 6.07) is 34.8. The van der Waals surface area contributed by atoms with Crippen LogP contribution >= 0.6 is 0 Å². The molecule has 4 aromatic carbocycles. The number of fused-ring (bicyclic) bond motifs is 1. The lowest BCUT2D eigenvalue weighted by molar-refractivity contribution is 0.879. The first kappa shape index (κ1) is 17.1. The lowest BCUT2D eigenvalue weighted by Crippen LogP contribution is -2.03. The van der Waals surface area contributed by atoms with E-state index in [1.807, 2.05) is 66.7 Å². The van der Waals surface area contributed by atoms with Crippen molar-refractivity contribution in [3.8, 4) is 22.4 Å². The fraction of sp³-hybridized carbons (Fsp3) is 0. The van der Waals surface area contributed by atoms with Crippen LogP contribution in [0.4, 0.5) is 11.5 Å². The highest BCUT2D eigenvalue weighted by Gasteiger charge is 2.17. The monoisotopic (exact) mass is 374 g/mol. The highest BCUT2D eigenvalue weighted by molar-refractivity contribution is 5.97. The van der Waals surface area contributed by atoms with Gasteiger partial charge in [-0.05, 0) is 22.2 Å². The van der Waals surface area contributed by atoms with Gasteiger partial charge in [-0.3, -0.25) is 0 Å². The summed E-state index contributed by atoms with van der Waals surface area (Å²) in [5, 5.41) is 18.6. The van der Waals surface area contributed by atoms with Crippen LogP contribution < -0.4 is 5.32 Å². The quantitative estimate of drug-likeness (QED) is 0.413. The van der Waals surface area contributed by atoms with Gasteiger partial charge in [0.2, 0.25) is 0 Å². The Labute approximate surface area is 168 Å². The van der Waals surface area contributed by atoms with Gasteiger partial charge in [-0.15, -0.1) is 10.2 Å². The van der Waals surface area contributed by atoms with Gasteiger partial charge in [0.1, 0.15) is 5.69 Å². The summed E-state index contributed by atoms with van der Waals surface area (Å²) >= 11 is 0. The van der Waals surface area contributed by atoms with Crippen molar-refractivity contribution in [1.82, 2.24) is 15.4 Å². The number of nitrogens with one attached hydrogen (secondary N) is 1. The first-order valence-electron chi connectivity index (χ1n) is 9.49. The van der Waals surface area contributed by atoms with E-state index in [-0.39, 0.29) is 0 Å². The topological polar surface area (TPSA) is 50.7 Å². The molecule has 0 fully saturated rings. The molecule has 1 N–H and O–H groups in total. The standard InChI is InChI=1S/C25H18N4/c1-3-11-19(12-4-1)23-24(20-13-5-2-6-14-20)27-29-28-25(23)26-22-17-9-15-18-10-7-8-16-21(18)22/h1-17H,(H,26,27,28). The molecule has 0 radical (unpaired) electrons. The largest absolute Gasteiger partial charge is 0.338 e. The first-order valence-corrected chi connectivity index (χ1v) is 9.49. The molecule has 0 saturated heterocycles. The molecule has 0 aliphatic rings. The molecule has 0 unspecified atom stereocenters. The van der Waals surface area contributed by atoms with Crippen molar-refractivity contribution in [1.29, 1.82) is 0 Å². The Kier molecular flexibility index (Phi) is 4.43. The van der Waals surface area contributed by atoms with E-state index in [9.17, 15) is 0 Å². The highest BCUT2D eigenvalue weighted by Crippen LogP contribution is 2.36. The Morgan fingerprint density at radius 3 is 2.00 bits per heavy atom. The van der Waals surface area contributed by atoms with Crippen molar-refractivity contribution >= 4 is 22.3 Å². The second-order valence-electron chi connectivity index (χ2n) is 6.75. The Morgan fingerprint density at radius 2 is 1.21 bits per heavy atom. The van der Waals surface area contributed by atoms with Gasteiger partial charge in [0.15, 0.2) is 5.82 Å². The summed E-state index contributed by atoms with van der Waals surface area (Å²) in [7, 11) is 0.